The van der Waals surface area contributed by atoms with Crippen molar-refractivity contribution in [3.05, 3.63) is 48.5 Å². The van der Waals surface area contributed by atoms with Crippen molar-refractivity contribution in [1.29, 1.82) is 0 Å². The fourth-order valence-electron chi connectivity index (χ4n) is 3.81. The summed E-state index contributed by atoms with van der Waals surface area (Å²) < 4.78 is 3.41. The van der Waals surface area contributed by atoms with Crippen LogP contribution in [0.2, 0.25) is 0 Å². The summed E-state index contributed by atoms with van der Waals surface area (Å²) in [6, 6.07) is 5.88. The third kappa shape index (κ3) is 2.58. The van der Waals surface area contributed by atoms with Crippen LogP contribution in [-0.4, -0.2) is 42.3 Å². The van der Waals surface area contributed by atoms with Gasteiger partial charge in [-0.1, -0.05) is 6.07 Å². The van der Waals surface area contributed by atoms with Gasteiger partial charge in [0.05, 0.1) is 11.6 Å². The van der Waals surface area contributed by atoms with Gasteiger partial charge in [-0.2, -0.15) is 10.1 Å². The van der Waals surface area contributed by atoms with Gasteiger partial charge in [0.2, 0.25) is 11.9 Å². The Balaban J connectivity index is 1.52. The number of hydrogen-bond donors (Lipinski definition) is 1. The van der Waals surface area contributed by atoms with E-state index in [9.17, 15) is 4.79 Å². The lowest BCUT2D eigenvalue weighted by molar-refractivity contribution is -0.121. The molecule has 0 bridgehead atoms. The Hall–Kier alpha value is -3.75. The summed E-state index contributed by atoms with van der Waals surface area (Å²) in [5.41, 5.74) is 4.42. The SMILES string of the molecule is CN1C(=O)C(C)(C)c2ccc(Nc3nc4c(-c5cnn(C)c5)nccn4n3)cc21. The normalized spacial score (nSPS) is 15.2. The summed E-state index contributed by atoms with van der Waals surface area (Å²) in [7, 11) is 3.66. The summed E-state index contributed by atoms with van der Waals surface area (Å²) in [6.07, 6.45) is 7.08. The van der Waals surface area contributed by atoms with Crippen molar-refractivity contribution in [3.63, 3.8) is 0 Å². The van der Waals surface area contributed by atoms with E-state index in [2.05, 4.69) is 25.5 Å². The quantitative estimate of drug-likeness (QED) is 0.580. The number of carbonyl (C=O) groups is 1. The third-order valence-corrected chi connectivity index (χ3v) is 5.36. The molecule has 0 spiro atoms. The molecule has 0 atom stereocenters. The van der Waals surface area contributed by atoms with E-state index in [1.807, 2.05) is 45.3 Å². The number of carbonyl (C=O) groups excluding carboxylic acids is 1. The molecule has 1 aliphatic rings. The van der Waals surface area contributed by atoms with E-state index in [1.165, 1.54) is 0 Å². The maximum atomic E-state index is 12.5. The first kappa shape index (κ1) is 17.4. The molecule has 1 N–H and O–H groups in total. The molecule has 1 aromatic carbocycles. The minimum absolute atomic E-state index is 0.0858. The zero-order valence-electron chi connectivity index (χ0n) is 16.6. The van der Waals surface area contributed by atoms with Crippen LogP contribution in [-0.2, 0) is 17.3 Å². The Morgan fingerprint density at radius 3 is 2.76 bits per heavy atom. The van der Waals surface area contributed by atoms with Gasteiger partial charge in [0, 0.05) is 49.6 Å². The molecule has 146 valence electrons. The minimum atomic E-state index is -0.520. The second kappa shape index (κ2) is 5.87. The average Bonchev–Trinajstić information content (AvgIpc) is 3.35. The molecular formula is C20H20N8O. The molecule has 0 aliphatic carbocycles. The van der Waals surface area contributed by atoms with Gasteiger partial charge in [-0.15, -0.1) is 5.10 Å². The standard InChI is InChI=1S/C20H20N8O/c1-20(2)14-6-5-13(9-15(14)27(4)18(20)29)23-19-24-17-16(12-10-22-26(3)11-12)21-7-8-28(17)25-19/h5-11H,1-4H3,(H,23,25). The van der Waals surface area contributed by atoms with Crippen LogP contribution in [0.4, 0.5) is 17.3 Å². The van der Waals surface area contributed by atoms with Crippen molar-refractivity contribution in [2.75, 3.05) is 17.3 Å². The number of anilines is 3. The van der Waals surface area contributed by atoms with Gasteiger partial charge in [0.15, 0.2) is 5.65 Å². The minimum Gasteiger partial charge on any atom is -0.323 e. The first-order chi connectivity index (χ1) is 13.8. The number of aromatic nitrogens is 6. The van der Waals surface area contributed by atoms with E-state index < -0.39 is 5.41 Å². The largest absolute Gasteiger partial charge is 0.323 e. The van der Waals surface area contributed by atoms with Crippen molar-refractivity contribution in [1.82, 2.24) is 29.4 Å². The van der Waals surface area contributed by atoms with Gasteiger partial charge < -0.3 is 10.2 Å². The molecular weight excluding hydrogens is 368 g/mol. The molecule has 9 nitrogen and oxygen atoms in total. The lowest BCUT2D eigenvalue weighted by Crippen LogP contribution is -2.33. The van der Waals surface area contributed by atoms with E-state index in [4.69, 9.17) is 0 Å². The van der Waals surface area contributed by atoms with Crippen LogP contribution in [0.1, 0.15) is 19.4 Å². The van der Waals surface area contributed by atoms with Crippen molar-refractivity contribution in [2.24, 2.45) is 7.05 Å². The number of aryl methyl sites for hydroxylation is 1. The highest BCUT2D eigenvalue weighted by Gasteiger charge is 2.42. The van der Waals surface area contributed by atoms with Gasteiger partial charge in [-0.3, -0.25) is 14.5 Å². The van der Waals surface area contributed by atoms with Crippen LogP contribution in [0.3, 0.4) is 0 Å². The molecule has 4 aromatic rings. The second-order valence-corrected chi connectivity index (χ2v) is 7.73. The second-order valence-electron chi connectivity index (χ2n) is 7.73. The predicted molar refractivity (Wildman–Crippen MR) is 109 cm³/mol. The number of fused-ring (bicyclic) bond motifs is 2. The number of nitrogens with one attached hydrogen (secondary N) is 1. The molecule has 0 saturated carbocycles. The van der Waals surface area contributed by atoms with Crippen molar-refractivity contribution in [3.8, 4) is 11.3 Å². The molecule has 29 heavy (non-hydrogen) atoms. The fourth-order valence-corrected chi connectivity index (χ4v) is 3.81. The molecule has 3 aromatic heterocycles. The molecule has 0 radical (unpaired) electrons. The molecule has 0 unspecified atom stereocenters. The Morgan fingerprint density at radius 2 is 2.00 bits per heavy atom. The fraction of sp³-hybridized carbons (Fsp3) is 0.250. The van der Waals surface area contributed by atoms with E-state index in [-0.39, 0.29) is 5.91 Å². The highest BCUT2D eigenvalue weighted by atomic mass is 16.2. The Labute approximate surface area is 167 Å². The van der Waals surface area contributed by atoms with Gasteiger partial charge in [0.25, 0.3) is 0 Å². The van der Waals surface area contributed by atoms with E-state index >= 15 is 0 Å². The monoisotopic (exact) mass is 388 g/mol. The van der Waals surface area contributed by atoms with Gasteiger partial charge in [-0.25, -0.2) is 4.52 Å². The number of amides is 1. The first-order valence-electron chi connectivity index (χ1n) is 9.25. The molecule has 0 saturated heterocycles. The van der Waals surface area contributed by atoms with Crippen molar-refractivity contribution >= 4 is 28.9 Å². The highest BCUT2D eigenvalue weighted by molar-refractivity contribution is 6.07. The lowest BCUT2D eigenvalue weighted by Gasteiger charge is -2.16. The average molecular weight is 388 g/mol. The highest BCUT2D eigenvalue weighted by Crippen LogP contribution is 2.42. The van der Waals surface area contributed by atoms with E-state index in [0.717, 1.165) is 22.5 Å². The van der Waals surface area contributed by atoms with Crippen LogP contribution >= 0.6 is 0 Å². The summed E-state index contributed by atoms with van der Waals surface area (Å²) in [5.74, 6) is 0.539. The summed E-state index contributed by atoms with van der Waals surface area (Å²) in [6.45, 7) is 3.89. The number of rotatable bonds is 3. The zero-order chi connectivity index (χ0) is 20.3. The Bertz CT molecular complexity index is 1270. The van der Waals surface area contributed by atoms with Crippen molar-refractivity contribution in [2.45, 2.75) is 19.3 Å². The molecule has 1 amide bonds. The molecule has 1 aliphatic heterocycles. The summed E-state index contributed by atoms with van der Waals surface area (Å²) >= 11 is 0. The molecule has 0 fully saturated rings. The molecule has 5 rings (SSSR count). The number of benzene rings is 1. The topological polar surface area (TPSA) is 93.2 Å². The van der Waals surface area contributed by atoms with Crippen molar-refractivity contribution < 1.29 is 4.79 Å². The maximum absolute atomic E-state index is 12.5. The Kier molecular flexibility index (Phi) is 3.51. The molecule has 4 heterocycles. The lowest BCUT2D eigenvalue weighted by atomic mass is 9.86. The zero-order valence-corrected chi connectivity index (χ0v) is 16.6. The smallest absolute Gasteiger partial charge is 0.247 e. The van der Waals surface area contributed by atoms with Crippen LogP contribution < -0.4 is 10.2 Å². The van der Waals surface area contributed by atoms with Crippen LogP contribution in [0.5, 0.6) is 0 Å². The number of nitrogens with zero attached hydrogens (tertiary/aromatic N) is 7. The number of hydrogen-bond acceptors (Lipinski definition) is 6. The van der Waals surface area contributed by atoms with E-state index in [1.54, 1.807) is 39.7 Å². The summed E-state index contributed by atoms with van der Waals surface area (Å²) in [5, 5.41) is 11.9. The molecule has 9 heteroatoms. The predicted octanol–water partition coefficient (Wildman–Crippen LogP) is 2.52. The van der Waals surface area contributed by atoms with E-state index in [0.29, 0.717) is 17.3 Å². The van der Waals surface area contributed by atoms with Crippen LogP contribution in [0.25, 0.3) is 16.9 Å². The first-order valence-corrected chi connectivity index (χ1v) is 9.25. The van der Waals surface area contributed by atoms with Crippen LogP contribution in [0.15, 0.2) is 43.0 Å². The maximum Gasteiger partial charge on any atom is 0.247 e. The summed E-state index contributed by atoms with van der Waals surface area (Å²) in [4.78, 5) is 23.3. The third-order valence-electron chi connectivity index (χ3n) is 5.36. The van der Waals surface area contributed by atoms with Gasteiger partial charge in [-0.05, 0) is 31.5 Å². The van der Waals surface area contributed by atoms with Gasteiger partial charge >= 0.3 is 0 Å². The van der Waals surface area contributed by atoms with Crippen LogP contribution in [0, 0.1) is 0 Å². The Morgan fingerprint density at radius 1 is 1.17 bits per heavy atom. The number of likely N-dealkylation sites (N-methyl/N-ethyl adjacent to an activating group) is 1. The van der Waals surface area contributed by atoms with Gasteiger partial charge in [0.1, 0.15) is 5.69 Å².